The second kappa shape index (κ2) is 6.44. The van der Waals surface area contributed by atoms with Gasteiger partial charge < -0.3 is 0 Å². The van der Waals surface area contributed by atoms with E-state index in [0.29, 0.717) is 17.6 Å². The van der Waals surface area contributed by atoms with Gasteiger partial charge in [-0.2, -0.15) is 9.98 Å². The topological polar surface area (TPSA) is 58.9 Å². The van der Waals surface area contributed by atoms with Crippen LogP contribution < -0.4 is 0 Å². The second-order valence-electron chi connectivity index (χ2n) is 2.78. The van der Waals surface area contributed by atoms with E-state index in [1.165, 1.54) is 12.2 Å². The van der Waals surface area contributed by atoms with Gasteiger partial charge in [-0.05, 0) is 23.1 Å². The molecule has 0 spiro atoms. The molecule has 78 valence electrons. The molecule has 0 N–H and O–H groups in total. The van der Waals surface area contributed by atoms with Crippen LogP contribution in [0, 0.1) is 0 Å². The average Bonchev–Trinajstić information content (AvgIpc) is 2.25. The molecule has 0 saturated carbocycles. The van der Waals surface area contributed by atoms with Crippen LogP contribution in [0.2, 0.25) is 0 Å². The highest BCUT2D eigenvalue weighted by molar-refractivity contribution is 5.48. The number of hydrogen-bond acceptors (Lipinski definition) is 4. The van der Waals surface area contributed by atoms with Crippen LogP contribution >= 0.6 is 0 Å². The Morgan fingerprint density at radius 1 is 1.20 bits per heavy atom. The van der Waals surface area contributed by atoms with Gasteiger partial charge in [-0.1, -0.05) is 26.7 Å². The molecule has 0 bridgehead atoms. The van der Waals surface area contributed by atoms with Gasteiger partial charge >= 0.3 is 0 Å². The van der Waals surface area contributed by atoms with Crippen LogP contribution in [0.1, 0.15) is 13.3 Å². The summed E-state index contributed by atoms with van der Waals surface area (Å²) in [6.45, 7) is 13.0. The van der Waals surface area contributed by atoms with Crippen LogP contribution in [0.5, 0.6) is 0 Å². The Balaban J connectivity index is 4.94. The van der Waals surface area contributed by atoms with E-state index in [-0.39, 0.29) is 0 Å². The van der Waals surface area contributed by atoms with Crippen molar-refractivity contribution in [3.05, 3.63) is 36.5 Å². The molecule has 0 aromatic heterocycles. The molecule has 0 fully saturated rings. The van der Waals surface area contributed by atoms with Gasteiger partial charge in [0.25, 0.3) is 0 Å². The molecule has 0 aromatic carbocycles. The molecule has 0 atom stereocenters. The van der Waals surface area contributed by atoms with Gasteiger partial charge in [0, 0.05) is 0 Å². The van der Waals surface area contributed by atoms with Gasteiger partial charge in [0.1, 0.15) is 0 Å². The zero-order chi connectivity index (χ0) is 11.8. The summed E-state index contributed by atoms with van der Waals surface area (Å²) < 4.78 is 0. The largest absolute Gasteiger partial charge is 0.237 e. The van der Waals surface area contributed by atoms with Crippen LogP contribution in [-0.2, 0) is 9.59 Å². The molecule has 0 aliphatic rings. The second-order valence-corrected chi connectivity index (χ2v) is 2.78. The number of allylic oxidation sites excluding steroid dienone is 1. The molecule has 0 saturated heterocycles. The van der Waals surface area contributed by atoms with E-state index in [1.807, 2.05) is 6.92 Å². The summed E-state index contributed by atoms with van der Waals surface area (Å²) >= 11 is 0. The number of isocyanates is 2. The molecule has 0 unspecified atom stereocenters. The van der Waals surface area contributed by atoms with Crippen molar-refractivity contribution in [2.24, 2.45) is 9.98 Å². The standard InChI is InChI=1S/C11H12N2O2/c1-5-8(2)9(3)10(4)11(12-6-14)13-7-15/h11H,2-5H2,1H3. The van der Waals surface area contributed by atoms with Crippen LogP contribution in [0.4, 0.5) is 0 Å². The van der Waals surface area contributed by atoms with E-state index >= 15 is 0 Å². The molecule has 0 aromatic rings. The summed E-state index contributed by atoms with van der Waals surface area (Å²) in [6.07, 6.45) is 2.34. The first-order valence-corrected chi connectivity index (χ1v) is 4.28. The summed E-state index contributed by atoms with van der Waals surface area (Å²) in [6, 6.07) is 0. The van der Waals surface area contributed by atoms with Gasteiger partial charge in [-0.3, -0.25) is 0 Å². The molecular weight excluding hydrogens is 192 g/mol. The van der Waals surface area contributed by atoms with Crippen molar-refractivity contribution in [3.63, 3.8) is 0 Å². The fraction of sp³-hybridized carbons (Fsp3) is 0.273. The predicted octanol–water partition coefficient (Wildman–Crippen LogP) is 2.06. The summed E-state index contributed by atoms with van der Waals surface area (Å²) in [7, 11) is 0. The minimum atomic E-state index is -0.990. The van der Waals surface area contributed by atoms with Gasteiger partial charge in [0.15, 0.2) is 6.17 Å². The number of hydrogen-bond donors (Lipinski definition) is 0. The van der Waals surface area contributed by atoms with E-state index in [4.69, 9.17) is 0 Å². The SMILES string of the molecule is C=C(CC)C(=C)C(=C)C(N=C=O)N=C=O. The lowest BCUT2D eigenvalue weighted by Crippen LogP contribution is -2.06. The van der Waals surface area contributed by atoms with E-state index in [1.54, 1.807) is 0 Å². The monoisotopic (exact) mass is 204 g/mol. The van der Waals surface area contributed by atoms with E-state index in [2.05, 4.69) is 29.7 Å². The minimum Gasteiger partial charge on any atom is -0.211 e. The third-order valence-corrected chi connectivity index (χ3v) is 1.90. The Morgan fingerprint density at radius 3 is 2.00 bits per heavy atom. The van der Waals surface area contributed by atoms with Crippen molar-refractivity contribution in [1.82, 2.24) is 0 Å². The molecule has 4 nitrogen and oxygen atoms in total. The summed E-state index contributed by atoms with van der Waals surface area (Å²) in [5.41, 5.74) is 1.65. The molecule has 0 amide bonds. The van der Waals surface area contributed by atoms with Gasteiger partial charge in [-0.25, -0.2) is 9.59 Å². The zero-order valence-electron chi connectivity index (χ0n) is 8.62. The molecule has 15 heavy (non-hydrogen) atoms. The Kier molecular flexibility index (Phi) is 5.57. The first-order chi connectivity index (χ1) is 7.08. The Labute approximate surface area is 88.4 Å². The summed E-state index contributed by atoms with van der Waals surface area (Å²) in [5.74, 6) is 0. The van der Waals surface area contributed by atoms with Crippen LogP contribution in [0.3, 0.4) is 0 Å². The number of nitrogens with zero attached hydrogens (tertiary/aromatic N) is 2. The maximum atomic E-state index is 10.1. The molecule has 4 heteroatoms. The molecule has 0 rings (SSSR count). The highest BCUT2D eigenvalue weighted by atomic mass is 16.1. The number of aliphatic imine (C=N–C) groups is 2. The van der Waals surface area contributed by atoms with Gasteiger partial charge in [0.05, 0.1) is 0 Å². The van der Waals surface area contributed by atoms with Crippen molar-refractivity contribution in [2.45, 2.75) is 19.5 Å². The lowest BCUT2D eigenvalue weighted by molar-refractivity contribution is 0.555. The van der Waals surface area contributed by atoms with Crippen LogP contribution in [0.25, 0.3) is 0 Å². The fourth-order valence-corrected chi connectivity index (χ4v) is 0.881. The maximum absolute atomic E-state index is 10.1. The van der Waals surface area contributed by atoms with Crippen molar-refractivity contribution < 1.29 is 9.59 Å². The van der Waals surface area contributed by atoms with Crippen molar-refractivity contribution >= 4 is 12.2 Å². The Bertz CT molecular complexity index is 365. The number of carbonyl (C=O) groups excluding carboxylic acids is 2. The molecule has 0 heterocycles. The highest BCUT2D eigenvalue weighted by Crippen LogP contribution is 2.21. The predicted molar refractivity (Wildman–Crippen MR) is 57.7 cm³/mol. The normalized spacial score (nSPS) is 10.5. The molecule has 0 aliphatic carbocycles. The van der Waals surface area contributed by atoms with Gasteiger partial charge in [-0.15, -0.1) is 0 Å². The fourth-order valence-electron chi connectivity index (χ4n) is 0.881. The van der Waals surface area contributed by atoms with E-state index < -0.39 is 6.17 Å². The lowest BCUT2D eigenvalue weighted by Gasteiger charge is -2.12. The lowest BCUT2D eigenvalue weighted by atomic mass is 9.98. The molecule has 0 radical (unpaired) electrons. The number of rotatable bonds is 6. The first kappa shape index (κ1) is 13.0. The molecule has 0 aliphatic heterocycles. The summed E-state index contributed by atoms with van der Waals surface area (Å²) in [5, 5.41) is 0. The average molecular weight is 204 g/mol. The Hall–Kier alpha value is -2.02. The summed E-state index contributed by atoms with van der Waals surface area (Å²) in [4.78, 5) is 26.8. The van der Waals surface area contributed by atoms with E-state index in [9.17, 15) is 9.59 Å². The van der Waals surface area contributed by atoms with E-state index in [0.717, 1.165) is 5.57 Å². The Morgan fingerprint density at radius 2 is 1.67 bits per heavy atom. The van der Waals surface area contributed by atoms with Crippen molar-refractivity contribution in [1.29, 1.82) is 0 Å². The van der Waals surface area contributed by atoms with Crippen LogP contribution in [0.15, 0.2) is 46.4 Å². The van der Waals surface area contributed by atoms with Crippen molar-refractivity contribution in [2.75, 3.05) is 0 Å². The van der Waals surface area contributed by atoms with Gasteiger partial charge in [0.2, 0.25) is 12.2 Å². The third-order valence-electron chi connectivity index (χ3n) is 1.90. The maximum Gasteiger partial charge on any atom is 0.237 e. The molecular formula is C11H12N2O2. The quantitative estimate of drug-likeness (QED) is 0.377. The zero-order valence-corrected chi connectivity index (χ0v) is 8.62. The smallest absolute Gasteiger partial charge is 0.211 e. The van der Waals surface area contributed by atoms with Crippen LogP contribution in [-0.4, -0.2) is 18.3 Å². The highest BCUT2D eigenvalue weighted by Gasteiger charge is 2.13. The third kappa shape index (κ3) is 3.69. The minimum absolute atomic E-state index is 0.355. The van der Waals surface area contributed by atoms with Crippen molar-refractivity contribution in [3.8, 4) is 0 Å². The first-order valence-electron chi connectivity index (χ1n) is 4.28.